The third-order valence-electron chi connectivity index (χ3n) is 5.66. The summed E-state index contributed by atoms with van der Waals surface area (Å²) in [5.74, 6) is 0.711. The average molecular weight is 405 g/mol. The number of hydrogen-bond donors (Lipinski definition) is 1. The van der Waals surface area contributed by atoms with E-state index in [9.17, 15) is 4.79 Å². The lowest BCUT2D eigenvalue weighted by molar-refractivity contribution is 0.0910. The lowest BCUT2D eigenvalue weighted by Crippen LogP contribution is -2.29. The van der Waals surface area contributed by atoms with Gasteiger partial charge in [-0.15, -0.1) is 0 Å². The molecule has 156 valence electrons. The number of carbonyl (C=O) groups is 1. The molecule has 2 N–H and O–H groups in total. The van der Waals surface area contributed by atoms with Crippen LogP contribution in [0.4, 0.5) is 0 Å². The standard InChI is InChI=1S/C24H28N4O2/c1-23(2)10-20-16(21(29)11-23)7-6-14(28-20)8-15-9-17-18(12-26-15)22(30-5)27-13-19(17)24(3,4)25/h6-7,9,12-13H,8,10-11,25H2,1-5H3. The zero-order valence-corrected chi connectivity index (χ0v) is 18.2. The molecular formula is C24H28N4O2. The molecule has 1 aliphatic carbocycles. The van der Waals surface area contributed by atoms with E-state index in [0.717, 1.165) is 45.4 Å². The lowest BCUT2D eigenvalue weighted by Gasteiger charge is -2.29. The summed E-state index contributed by atoms with van der Waals surface area (Å²) in [6.07, 6.45) is 5.52. The van der Waals surface area contributed by atoms with E-state index >= 15 is 0 Å². The Morgan fingerprint density at radius 3 is 2.57 bits per heavy atom. The molecule has 4 rings (SSSR count). The Hall–Kier alpha value is -2.86. The van der Waals surface area contributed by atoms with Gasteiger partial charge in [0, 0.05) is 47.7 Å². The van der Waals surface area contributed by atoms with E-state index < -0.39 is 5.54 Å². The third kappa shape index (κ3) is 3.79. The Labute approximate surface area is 176 Å². The molecule has 3 aromatic rings. The van der Waals surface area contributed by atoms with E-state index in [1.54, 1.807) is 19.5 Å². The van der Waals surface area contributed by atoms with Gasteiger partial charge in [0.05, 0.1) is 18.2 Å². The fourth-order valence-electron chi connectivity index (χ4n) is 4.19. The normalized spacial score (nSPS) is 15.9. The van der Waals surface area contributed by atoms with Crippen LogP contribution in [0.5, 0.6) is 5.88 Å². The Morgan fingerprint density at radius 2 is 1.87 bits per heavy atom. The molecule has 6 nitrogen and oxygen atoms in total. The number of pyridine rings is 3. The topological polar surface area (TPSA) is 91.0 Å². The first-order chi connectivity index (χ1) is 14.1. The van der Waals surface area contributed by atoms with E-state index in [1.165, 1.54) is 0 Å². The molecule has 0 unspecified atom stereocenters. The van der Waals surface area contributed by atoms with Gasteiger partial charge in [-0.25, -0.2) is 4.98 Å². The van der Waals surface area contributed by atoms with Gasteiger partial charge in [-0.1, -0.05) is 13.8 Å². The number of methoxy groups -OCH3 is 1. The van der Waals surface area contributed by atoms with Crippen LogP contribution in [0.3, 0.4) is 0 Å². The molecule has 0 saturated carbocycles. The highest BCUT2D eigenvalue weighted by Crippen LogP contribution is 2.34. The highest BCUT2D eigenvalue weighted by atomic mass is 16.5. The average Bonchev–Trinajstić information content (AvgIpc) is 2.64. The molecule has 3 heterocycles. The number of ketones is 1. The van der Waals surface area contributed by atoms with Crippen molar-refractivity contribution in [2.75, 3.05) is 7.11 Å². The number of nitrogens with zero attached hydrogens (tertiary/aromatic N) is 3. The van der Waals surface area contributed by atoms with Crippen LogP contribution < -0.4 is 10.5 Å². The van der Waals surface area contributed by atoms with E-state index in [4.69, 9.17) is 15.5 Å². The molecule has 1 aliphatic rings. The van der Waals surface area contributed by atoms with Crippen LogP contribution in [0.2, 0.25) is 0 Å². The van der Waals surface area contributed by atoms with Gasteiger partial charge in [0.1, 0.15) is 0 Å². The van der Waals surface area contributed by atoms with E-state index in [0.29, 0.717) is 18.7 Å². The number of nitrogens with two attached hydrogens (primary N) is 1. The minimum absolute atomic E-state index is 0.0535. The zero-order chi connectivity index (χ0) is 21.7. The van der Waals surface area contributed by atoms with Crippen LogP contribution in [0, 0.1) is 5.41 Å². The van der Waals surface area contributed by atoms with E-state index in [-0.39, 0.29) is 11.2 Å². The molecular weight excluding hydrogens is 376 g/mol. The summed E-state index contributed by atoms with van der Waals surface area (Å²) in [5.41, 5.74) is 10.2. The molecule has 0 aromatic carbocycles. The van der Waals surface area contributed by atoms with Gasteiger partial charge >= 0.3 is 0 Å². The molecule has 0 fully saturated rings. The predicted molar refractivity (Wildman–Crippen MR) is 117 cm³/mol. The fourth-order valence-corrected chi connectivity index (χ4v) is 4.19. The number of ether oxygens (including phenoxy) is 1. The Morgan fingerprint density at radius 1 is 1.10 bits per heavy atom. The van der Waals surface area contributed by atoms with Crippen LogP contribution in [-0.4, -0.2) is 27.8 Å². The molecule has 0 radical (unpaired) electrons. The van der Waals surface area contributed by atoms with Crippen molar-refractivity contribution in [2.45, 2.75) is 52.5 Å². The summed E-state index contributed by atoms with van der Waals surface area (Å²) in [5, 5.41) is 1.82. The minimum atomic E-state index is -0.549. The van der Waals surface area contributed by atoms with Crippen LogP contribution in [0.25, 0.3) is 10.8 Å². The molecule has 0 atom stereocenters. The van der Waals surface area contributed by atoms with Gasteiger partial charge in [-0.05, 0) is 54.8 Å². The number of fused-ring (bicyclic) bond motifs is 2. The second-order valence-corrected chi connectivity index (χ2v) is 9.54. The van der Waals surface area contributed by atoms with Crippen LogP contribution in [0.1, 0.15) is 67.1 Å². The number of carbonyl (C=O) groups excluding carboxylic acids is 1. The van der Waals surface area contributed by atoms with Gasteiger partial charge in [-0.3, -0.25) is 14.8 Å². The van der Waals surface area contributed by atoms with Crippen molar-refractivity contribution >= 4 is 16.6 Å². The quantitative estimate of drug-likeness (QED) is 0.707. The second kappa shape index (κ2) is 7.13. The number of Topliss-reactive ketones (excluding diaryl/α,β-unsaturated/α-hetero) is 1. The molecule has 0 saturated heterocycles. The zero-order valence-electron chi connectivity index (χ0n) is 18.2. The summed E-state index contributed by atoms with van der Waals surface area (Å²) in [6.45, 7) is 8.15. The third-order valence-corrected chi connectivity index (χ3v) is 5.66. The Kier molecular flexibility index (Phi) is 4.85. The van der Waals surface area contributed by atoms with Crippen molar-refractivity contribution in [1.82, 2.24) is 15.0 Å². The van der Waals surface area contributed by atoms with Gasteiger partial charge < -0.3 is 10.5 Å². The predicted octanol–water partition coefficient (Wildman–Crippen LogP) is 3.97. The molecule has 30 heavy (non-hydrogen) atoms. The monoisotopic (exact) mass is 404 g/mol. The summed E-state index contributed by atoms with van der Waals surface area (Å²) < 4.78 is 5.41. The summed E-state index contributed by atoms with van der Waals surface area (Å²) in [7, 11) is 1.60. The van der Waals surface area contributed by atoms with E-state index in [1.807, 2.05) is 32.0 Å². The maximum atomic E-state index is 12.4. The van der Waals surface area contributed by atoms with Crippen molar-refractivity contribution in [1.29, 1.82) is 0 Å². The SMILES string of the molecule is COc1ncc(C(C)(C)N)c2cc(Cc3ccc4c(n3)CC(C)(C)CC4=O)ncc12. The van der Waals surface area contributed by atoms with Crippen molar-refractivity contribution in [3.63, 3.8) is 0 Å². The summed E-state index contributed by atoms with van der Waals surface area (Å²) in [4.78, 5) is 26.3. The molecule has 0 bridgehead atoms. The first-order valence-corrected chi connectivity index (χ1v) is 10.2. The number of rotatable bonds is 4. The number of hydrogen-bond acceptors (Lipinski definition) is 6. The highest BCUT2D eigenvalue weighted by molar-refractivity contribution is 5.98. The molecule has 0 spiro atoms. The van der Waals surface area contributed by atoms with Crippen LogP contribution >= 0.6 is 0 Å². The van der Waals surface area contributed by atoms with Crippen molar-refractivity contribution in [3.8, 4) is 5.88 Å². The van der Waals surface area contributed by atoms with Crippen LogP contribution in [0.15, 0.2) is 30.6 Å². The fraction of sp³-hybridized carbons (Fsp3) is 0.417. The Bertz CT molecular complexity index is 1150. The van der Waals surface area contributed by atoms with Gasteiger partial charge in [0.25, 0.3) is 0 Å². The minimum Gasteiger partial charge on any atom is -0.481 e. The molecule has 6 heteroatoms. The van der Waals surface area contributed by atoms with Gasteiger partial charge in [-0.2, -0.15) is 0 Å². The first-order valence-electron chi connectivity index (χ1n) is 10.2. The molecule has 0 amide bonds. The van der Waals surface area contributed by atoms with E-state index in [2.05, 4.69) is 23.8 Å². The smallest absolute Gasteiger partial charge is 0.222 e. The maximum Gasteiger partial charge on any atom is 0.222 e. The number of aromatic nitrogens is 3. The second-order valence-electron chi connectivity index (χ2n) is 9.54. The van der Waals surface area contributed by atoms with Crippen molar-refractivity contribution in [3.05, 3.63) is 58.8 Å². The molecule has 0 aliphatic heterocycles. The lowest BCUT2D eigenvalue weighted by atomic mass is 9.75. The van der Waals surface area contributed by atoms with Gasteiger partial charge in [0.15, 0.2) is 5.78 Å². The molecule has 3 aromatic heterocycles. The van der Waals surface area contributed by atoms with Crippen molar-refractivity contribution < 1.29 is 9.53 Å². The summed E-state index contributed by atoms with van der Waals surface area (Å²) >= 11 is 0. The largest absolute Gasteiger partial charge is 0.481 e. The summed E-state index contributed by atoms with van der Waals surface area (Å²) in [6, 6.07) is 5.89. The van der Waals surface area contributed by atoms with Gasteiger partial charge in [0.2, 0.25) is 5.88 Å². The highest BCUT2D eigenvalue weighted by Gasteiger charge is 2.32. The first kappa shape index (κ1) is 20.4. The Balaban J connectivity index is 1.74. The maximum absolute atomic E-state index is 12.4. The van der Waals surface area contributed by atoms with Crippen LogP contribution in [-0.2, 0) is 18.4 Å². The van der Waals surface area contributed by atoms with Crippen molar-refractivity contribution in [2.24, 2.45) is 11.1 Å².